The molecule has 1 aromatic heterocycles. The topological polar surface area (TPSA) is 65.5 Å². The van der Waals surface area contributed by atoms with Crippen LogP contribution in [0, 0.1) is 0 Å². The molecule has 0 atom stereocenters. The second-order valence-electron chi connectivity index (χ2n) is 3.41. The summed E-state index contributed by atoms with van der Waals surface area (Å²) in [4.78, 5) is 26.3. The highest BCUT2D eigenvalue weighted by Gasteiger charge is 2.05. The Morgan fingerprint density at radius 2 is 2.17 bits per heavy atom. The van der Waals surface area contributed by atoms with E-state index in [-0.39, 0.29) is 12.4 Å². The predicted octanol–water partition coefficient (Wildman–Crippen LogP) is 1.83. The second kappa shape index (κ2) is 7.21. The van der Waals surface area contributed by atoms with Crippen LogP contribution in [0.5, 0.6) is 0 Å². The van der Waals surface area contributed by atoms with Gasteiger partial charge in [-0.05, 0) is 18.6 Å². The van der Waals surface area contributed by atoms with Gasteiger partial charge in [-0.1, -0.05) is 12.2 Å². The van der Waals surface area contributed by atoms with Crippen LogP contribution in [0.2, 0.25) is 0 Å². The fraction of sp³-hybridized carbons (Fsp3) is 0.308. The van der Waals surface area contributed by atoms with Gasteiger partial charge >= 0.3 is 11.9 Å². The second-order valence-corrected chi connectivity index (χ2v) is 3.41. The number of aromatic nitrogens is 1. The van der Waals surface area contributed by atoms with Crippen LogP contribution in [-0.2, 0) is 14.3 Å². The van der Waals surface area contributed by atoms with Gasteiger partial charge in [-0.25, -0.2) is 4.79 Å². The standard InChI is InChI=1S/C13H15NO4/c1-3-18-12(15)6-4-5-10-7-11(9-14-8-10)13(16)17-2/h4-5,7-9H,3,6H2,1-2H3. The highest BCUT2D eigenvalue weighted by Crippen LogP contribution is 2.06. The van der Waals surface area contributed by atoms with E-state index >= 15 is 0 Å². The van der Waals surface area contributed by atoms with Crippen LogP contribution in [0.3, 0.4) is 0 Å². The van der Waals surface area contributed by atoms with Crippen molar-refractivity contribution in [1.82, 2.24) is 4.98 Å². The van der Waals surface area contributed by atoms with Gasteiger partial charge in [-0.15, -0.1) is 0 Å². The molecule has 0 radical (unpaired) electrons. The van der Waals surface area contributed by atoms with Crippen molar-refractivity contribution in [2.45, 2.75) is 13.3 Å². The van der Waals surface area contributed by atoms with Crippen LogP contribution < -0.4 is 0 Å². The summed E-state index contributed by atoms with van der Waals surface area (Å²) in [7, 11) is 1.31. The average molecular weight is 249 g/mol. The van der Waals surface area contributed by atoms with Gasteiger partial charge in [0.2, 0.25) is 0 Å². The Bertz CT molecular complexity index is 454. The van der Waals surface area contributed by atoms with Crippen molar-refractivity contribution >= 4 is 18.0 Å². The average Bonchev–Trinajstić information content (AvgIpc) is 2.38. The van der Waals surface area contributed by atoms with E-state index in [0.29, 0.717) is 12.2 Å². The summed E-state index contributed by atoms with van der Waals surface area (Å²) < 4.78 is 9.37. The quantitative estimate of drug-likeness (QED) is 0.745. The Hall–Kier alpha value is -2.17. The molecule has 0 spiro atoms. The summed E-state index contributed by atoms with van der Waals surface area (Å²) >= 11 is 0. The predicted molar refractivity (Wildman–Crippen MR) is 65.9 cm³/mol. The Balaban J connectivity index is 2.64. The lowest BCUT2D eigenvalue weighted by atomic mass is 10.2. The SMILES string of the molecule is CCOC(=O)CC=Cc1cncc(C(=O)OC)c1. The van der Waals surface area contributed by atoms with Crippen molar-refractivity contribution in [3.63, 3.8) is 0 Å². The normalized spacial score (nSPS) is 10.3. The molecular formula is C13H15NO4. The van der Waals surface area contributed by atoms with Crippen LogP contribution in [0.1, 0.15) is 29.3 Å². The monoisotopic (exact) mass is 249 g/mol. The molecule has 0 fully saturated rings. The van der Waals surface area contributed by atoms with Gasteiger partial charge in [0.05, 0.1) is 25.7 Å². The Morgan fingerprint density at radius 3 is 2.83 bits per heavy atom. The summed E-state index contributed by atoms with van der Waals surface area (Å²) in [6, 6.07) is 1.64. The summed E-state index contributed by atoms with van der Waals surface area (Å²) in [5.74, 6) is -0.728. The van der Waals surface area contributed by atoms with Crippen molar-refractivity contribution < 1.29 is 19.1 Å². The number of hydrogen-bond acceptors (Lipinski definition) is 5. The molecule has 5 nitrogen and oxygen atoms in total. The van der Waals surface area contributed by atoms with E-state index in [9.17, 15) is 9.59 Å². The molecule has 0 N–H and O–H groups in total. The number of methoxy groups -OCH3 is 1. The molecule has 0 unspecified atom stereocenters. The fourth-order valence-corrected chi connectivity index (χ4v) is 1.29. The molecule has 0 saturated heterocycles. The lowest BCUT2D eigenvalue weighted by molar-refractivity contribution is -0.142. The van der Waals surface area contributed by atoms with Crippen molar-refractivity contribution in [3.8, 4) is 0 Å². The van der Waals surface area contributed by atoms with E-state index < -0.39 is 5.97 Å². The Morgan fingerprint density at radius 1 is 1.39 bits per heavy atom. The zero-order valence-electron chi connectivity index (χ0n) is 10.4. The van der Waals surface area contributed by atoms with Crippen LogP contribution in [-0.4, -0.2) is 30.6 Å². The zero-order chi connectivity index (χ0) is 13.4. The van der Waals surface area contributed by atoms with E-state index in [1.165, 1.54) is 13.3 Å². The van der Waals surface area contributed by atoms with Crippen molar-refractivity contribution in [1.29, 1.82) is 0 Å². The molecule has 1 rings (SSSR count). The summed E-state index contributed by atoms with van der Waals surface area (Å²) in [6.45, 7) is 2.12. The minimum absolute atomic E-state index is 0.191. The first-order valence-electron chi connectivity index (χ1n) is 5.53. The maximum atomic E-state index is 11.3. The van der Waals surface area contributed by atoms with Crippen LogP contribution in [0.4, 0.5) is 0 Å². The molecule has 0 bridgehead atoms. The molecule has 0 aliphatic heterocycles. The Kier molecular flexibility index (Phi) is 5.57. The third-order valence-corrected chi connectivity index (χ3v) is 2.08. The molecule has 96 valence electrons. The highest BCUT2D eigenvalue weighted by molar-refractivity contribution is 5.89. The number of nitrogens with zero attached hydrogens (tertiary/aromatic N) is 1. The third-order valence-electron chi connectivity index (χ3n) is 2.08. The smallest absolute Gasteiger partial charge is 0.339 e. The summed E-state index contributed by atoms with van der Waals surface area (Å²) in [5.41, 5.74) is 1.10. The number of hydrogen-bond donors (Lipinski definition) is 0. The third kappa shape index (κ3) is 4.37. The van der Waals surface area contributed by atoms with E-state index in [4.69, 9.17) is 4.74 Å². The molecular weight excluding hydrogens is 234 g/mol. The highest BCUT2D eigenvalue weighted by atomic mass is 16.5. The molecule has 1 heterocycles. The molecule has 0 aliphatic carbocycles. The molecule has 0 aromatic carbocycles. The van der Waals surface area contributed by atoms with Crippen molar-refractivity contribution in [3.05, 3.63) is 35.7 Å². The largest absolute Gasteiger partial charge is 0.466 e. The number of esters is 2. The number of carbonyl (C=O) groups excluding carboxylic acids is 2. The van der Waals surface area contributed by atoms with E-state index in [1.807, 2.05) is 0 Å². The van der Waals surface area contributed by atoms with Gasteiger partial charge in [-0.2, -0.15) is 0 Å². The first kappa shape index (κ1) is 13.9. The summed E-state index contributed by atoms with van der Waals surface area (Å²) in [5, 5.41) is 0. The number of pyridine rings is 1. The van der Waals surface area contributed by atoms with E-state index in [1.54, 1.807) is 31.3 Å². The molecule has 0 aliphatic rings. The van der Waals surface area contributed by atoms with Gasteiger partial charge in [0.1, 0.15) is 0 Å². The lowest BCUT2D eigenvalue weighted by Gasteiger charge is -2.00. The maximum absolute atomic E-state index is 11.3. The number of ether oxygens (including phenoxy) is 2. The van der Waals surface area contributed by atoms with Crippen molar-refractivity contribution in [2.24, 2.45) is 0 Å². The summed E-state index contributed by atoms with van der Waals surface area (Å²) in [6.07, 6.45) is 6.57. The van der Waals surface area contributed by atoms with Gasteiger partial charge < -0.3 is 9.47 Å². The van der Waals surface area contributed by atoms with E-state index in [2.05, 4.69) is 9.72 Å². The first-order chi connectivity index (χ1) is 8.67. The Labute approximate surface area is 105 Å². The van der Waals surface area contributed by atoms with Crippen molar-refractivity contribution in [2.75, 3.05) is 13.7 Å². The molecule has 18 heavy (non-hydrogen) atoms. The number of rotatable bonds is 5. The molecule has 0 amide bonds. The van der Waals surface area contributed by atoms with E-state index in [0.717, 1.165) is 5.56 Å². The number of carbonyl (C=O) groups is 2. The first-order valence-corrected chi connectivity index (χ1v) is 5.53. The van der Waals surface area contributed by atoms with Gasteiger partial charge in [0.15, 0.2) is 0 Å². The van der Waals surface area contributed by atoms with Crippen LogP contribution in [0.25, 0.3) is 6.08 Å². The maximum Gasteiger partial charge on any atom is 0.339 e. The van der Waals surface area contributed by atoms with Gasteiger partial charge in [0, 0.05) is 12.4 Å². The lowest BCUT2D eigenvalue weighted by Crippen LogP contribution is -2.02. The van der Waals surface area contributed by atoms with Gasteiger partial charge in [0.25, 0.3) is 0 Å². The fourth-order valence-electron chi connectivity index (χ4n) is 1.29. The van der Waals surface area contributed by atoms with Crippen LogP contribution >= 0.6 is 0 Å². The zero-order valence-corrected chi connectivity index (χ0v) is 10.4. The molecule has 1 aromatic rings. The molecule has 5 heteroatoms. The molecule has 0 saturated carbocycles. The minimum Gasteiger partial charge on any atom is -0.466 e. The minimum atomic E-state index is -0.442. The van der Waals surface area contributed by atoms with Crippen LogP contribution in [0.15, 0.2) is 24.5 Å². The van der Waals surface area contributed by atoms with Gasteiger partial charge in [-0.3, -0.25) is 9.78 Å².